The quantitative estimate of drug-likeness (QED) is 0.169. The van der Waals surface area contributed by atoms with E-state index in [1.165, 1.54) is 7.11 Å². The number of esters is 1. The average molecular weight is 496 g/mol. The van der Waals surface area contributed by atoms with Gasteiger partial charge in [-0.05, 0) is 49.1 Å². The molecule has 0 aliphatic rings. The van der Waals surface area contributed by atoms with Crippen LogP contribution in [0.5, 0.6) is 11.5 Å². The van der Waals surface area contributed by atoms with Crippen LogP contribution in [-0.4, -0.2) is 45.4 Å². The molecule has 0 aromatic heterocycles. The van der Waals surface area contributed by atoms with Crippen LogP contribution in [0.25, 0.3) is 6.08 Å². The molecule has 0 heterocycles. The molecule has 1 amide bonds. The molecule has 1 atom stereocenters. The smallest absolute Gasteiger partial charge is 0.305 e. The number of carbonyl (C=O) groups is 2. The maximum atomic E-state index is 12.9. The molecule has 0 fully saturated rings. The van der Waals surface area contributed by atoms with Crippen molar-refractivity contribution in [2.75, 3.05) is 32.8 Å². The maximum Gasteiger partial charge on any atom is 0.305 e. The lowest BCUT2D eigenvalue weighted by Crippen LogP contribution is -2.31. The van der Waals surface area contributed by atoms with Crippen molar-refractivity contribution in [3.63, 3.8) is 0 Å². The Morgan fingerprint density at radius 1 is 1.03 bits per heavy atom. The number of hydrogen-bond acceptors (Lipinski definition) is 6. The zero-order valence-corrected chi connectivity index (χ0v) is 21.2. The first-order valence-electron chi connectivity index (χ1n) is 12.2. The van der Waals surface area contributed by atoms with Crippen LogP contribution >= 0.6 is 0 Å². The molecule has 0 aliphatic heterocycles. The van der Waals surface area contributed by atoms with E-state index in [1.807, 2.05) is 54.6 Å². The molecule has 1 unspecified atom stereocenters. The minimum Gasteiger partial charge on any atom is -0.497 e. The lowest BCUT2D eigenvalue weighted by molar-refractivity contribution is -0.140. The Morgan fingerprint density at radius 3 is 2.53 bits per heavy atom. The second-order valence-corrected chi connectivity index (χ2v) is 8.08. The van der Waals surface area contributed by atoms with Crippen molar-refractivity contribution in [2.45, 2.75) is 44.6 Å². The van der Waals surface area contributed by atoms with Gasteiger partial charge in [0.05, 0.1) is 33.1 Å². The Morgan fingerprint density at radius 2 is 1.81 bits per heavy atom. The van der Waals surface area contributed by atoms with Crippen LogP contribution in [0, 0.1) is 0 Å². The monoisotopic (exact) mass is 495 g/mol. The van der Waals surface area contributed by atoms with E-state index < -0.39 is 6.10 Å². The van der Waals surface area contributed by atoms with Crippen molar-refractivity contribution in [1.82, 2.24) is 0 Å². The summed E-state index contributed by atoms with van der Waals surface area (Å²) >= 11 is 0. The Bertz CT molecular complexity index is 970. The number of carbonyl (C=O) groups excluding carboxylic acids is 2. The summed E-state index contributed by atoms with van der Waals surface area (Å²) in [6, 6.07) is 15.2. The van der Waals surface area contributed by atoms with Gasteiger partial charge in [0.2, 0.25) is 0 Å². The number of methoxy groups -OCH3 is 2. The van der Waals surface area contributed by atoms with E-state index >= 15 is 0 Å². The van der Waals surface area contributed by atoms with Gasteiger partial charge in [-0.25, -0.2) is 0 Å². The van der Waals surface area contributed by atoms with E-state index in [1.54, 1.807) is 19.3 Å². The average Bonchev–Trinajstić information content (AvgIpc) is 2.91. The van der Waals surface area contributed by atoms with Gasteiger partial charge in [0.15, 0.2) is 0 Å². The minimum atomic E-state index is -0.624. The number of rotatable bonds is 17. The summed E-state index contributed by atoms with van der Waals surface area (Å²) < 4.78 is 21.5. The summed E-state index contributed by atoms with van der Waals surface area (Å²) in [5, 5.41) is 2.94. The maximum absolute atomic E-state index is 12.9. The number of hydrogen-bond donors (Lipinski definition) is 1. The molecular formula is C29H37NO6. The van der Waals surface area contributed by atoms with E-state index in [-0.39, 0.29) is 18.5 Å². The molecule has 0 bridgehead atoms. The van der Waals surface area contributed by atoms with Crippen LogP contribution in [0.4, 0.5) is 5.69 Å². The summed E-state index contributed by atoms with van der Waals surface area (Å²) in [4.78, 5) is 24.2. The van der Waals surface area contributed by atoms with Gasteiger partial charge in [-0.1, -0.05) is 55.3 Å². The minimum absolute atomic E-state index is 0.222. The highest BCUT2D eigenvalue weighted by atomic mass is 16.5. The summed E-state index contributed by atoms with van der Waals surface area (Å²) in [6.45, 7) is 4.41. The van der Waals surface area contributed by atoms with Gasteiger partial charge in [-0.2, -0.15) is 0 Å². The van der Waals surface area contributed by atoms with Crippen molar-refractivity contribution in [3.05, 3.63) is 72.8 Å². The van der Waals surface area contributed by atoms with Gasteiger partial charge >= 0.3 is 5.97 Å². The summed E-state index contributed by atoms with van der Waals surface area (Å²) in [7, 11) is 3.03. The summed E-state index contributed by atoms with van der Waals surface area (Å²) in [5.74, 6) is 0.967. The first kappa shape index (κ1) is 28.7. The molecule has 7 heteroatoms. The second kappa shape index (κ2) is 16.9. The molecule has 0 aliphatic carbocycles. The summed E-state index contributed by atoms with van der Waals surface area (Å²) in [5.41, 5.74) is 1.68. The Hall–Kier alpha value is -3.58. The SMILES string of the molecule is C=CCOC(CCCCCC(=O)OC)C(=O)Nc1ccccc1OCCC=Cc1ccc(OC)cc1. The van der Waals surface area contributed by atoms with Gasteiger partial charge in [-0.3, -0.25) is 9.59 Å². The molecule has 2 aromatic rings. The van der Waals surface area contributed by atoms with E-state index in [2.05, 4.69) is 16.6 Å². The number of ether oxygens (including phenoxy) is 4. The van der Waals surface area contributed by atoms with Crippen LogP contribution in [0.1, 0.15) is 44.1 Å². The van der Waals surface area contributed by atoms with Crippen LogP contribution in [-0.2, 0) is 19.1 Å². The Labute approximate surface area is 214 Å². The molecule has 194 valence electrons. The lowest BCUT2D eigenvalue weighted by atomic mass is 10.1. The third-order valence-electron chi connectivity index (χ3n) is 5.40. The van der Waals surface area contributed by atoms with Gasteiger partial charge in [0, 0.05) is 6.42 Å². The van der Waals surface area contributed by atoms with Gasteiger partial charge in [-0.15, -0.1) is 6.58 Å². The van der Waals surface area contributed by atoms with Crippen LogP contribution < -0.4 is 14.8 Å². The number of unbranched alkanes of at least 4 members (excludes halogenated alkanes) is 2. The topological polar surface area (TPSA) is 83.1 Å². The molecule has 2 rings (SSSR count). The first-order chi connectivity index (χ1) is 17.6. The molecule has 0 saturated carbocycles. The van der Waals surface area contributed by atoms with E-state index in [0.29, 0.717) is 43.7 Å². The molecule has 2 aromatic carbocycles. The van der Waals surface area contributed by atoms with E-state index in [4.69, 9.17) is 14.2 Å². The molecule has 1 N–H and O–H groups in total. The van der Waals surface area contributed by atoms with Crippen molar-refractivity contribution < 1.29 is 28.5 Å². The second-order valence-electron chi connectivity index (χ2n) is 8.08. The number of para-hydroxylation sites is 2. The van der Waals surface area contributed by atoms with E-state index in [0.717, 1.165) is 24.2 Å². The Kier molecular flexibility index (Phi) is 13.5. The number of anilines is 1. The molecule has 0 radical (unpaired) electrons. The highest BCUT2D eigenvalue weighted by Gasteiger charge is 2.20. The number of amides is 1. The fraction of sp³-hybridized carbons (Fsp3) is 0.379. The molecule has 0 saturated heterocycles. The van der Waals surface area contributed by atoms with Crippen LogP contribution in [0.3, 0.4) is 0 Å². The zero-order chi connectivity index (χ0) is 26.0. The molecule has 0 spiro atoms. The zero-order valence-electron chi connectivity index (χ0n) is 21.2. The highest BCUT2D eigenvalue weighted by Crippen LogP contribution is 2.25. The Balaban J connectivity index is 1.85. The fourth-order valence-electron chi connectivity index (χ4n) is 3.43. The first-order valence-corrected chi connectivity index (χ1v) is 12.2. The number of benzene rings is 2. The highest BCUT2D eigenvalue weighted by molar-refractivity contribution is 5.95. The van der Waals surface area contributed by atoms with Crippen molar-refractivity contribution in [1.29, 1.82) is 0 Å². The fourth-order valence-corrected chi connectivity index (χ4v) is 3.43. The largest absolute Gasteiger partial charge is 0.497 e. The third kappa shape index (κ3) is 10.8. The summed E-state index contributed by atoms with van der Waals surface area (Å²) in [6.07, 6.45) is 8.98. The molecule has 7 nitrogen and oxygen atoms in total. The number of nitrogens with one attached hydrogen (secondary N) is 1. The van der Waals surface area contributed by atoms with Gasteiger partial charge in [0.25, 0.3) is 5.91 Å². The lowest BCUT2D eigenvalue weighted by Gasteiger charge is -2.18. The van der Waals surface area contributed by atoms with Crippen molar-refractivity contribution in [2.24, 2.45) is 0 Å². The molecular weight excluding hydrogens is 458 g/mol. The van der Waals surface area contributed by atoms with Crippen molar-refractivity contribution >= 4 is 23.6 Å². The predicted octanol–water partition coefficient (Wildman–Crippen LogP) is 5.81. The van der Waals surface area contributed by atoms with Crippen molar-refractivity contribution in [3.8, 4) is 11.5 Å². The van der Waals surface area contributed by atoms with Crippen LogP contribution in [0.2, 0.25) is 0 Å². The van der Waals surface area contributed by atoms with Gasteiger partial charge in [0.1, 0.15) is 17.6 Å². The van der Waals surface area contributed by atoms with Gasteiger partial charge < -0.3 is 24.3 Å². The standard InChI is InChI=1S/C29H37NO6/c1-4-21-35-27(15-6-5-7-16-28(31)34-3)29(32)30-25-13-8-9-14-26(25)36-22-11-10-12-23-17-19-24(33-2)20-18-23/h4,8-10,12-14,17-20,27H,1,5-7,11,15-16,21-22H2,2-3H3,(H,30,32). The van der Waals surface area contributed by atoms with Crippen LogP contribution in [0.15, 0.2) is 67.3 Å². The predicted molar refractivity (Wildman–Crippen MR) is 142 cm³/mol. The third-order valence-corrected chi connectivity index (χ3v) is 5.40. The normalized spacial score (nSPS) is 11.6. The molecule has 36 heavy (non-hydrogen) atoms. The van der Waals surface area contributed by atoms with E-state index in [9.17, 15) is 9.59 Å².